The van der Waals surface area contributed by atoms with Gasteiger partial charge in [-0.25, -0.2) is 4.98 Å². The maximum atomic E-state index is 12.0. The van der Waals surface area contributed by atoms with Gasteiger partial charge in [-0.3, -0.25) is 4.79 Å². The van der Waals surface area contributed by atoms with E-state index in [2.05, 4.69) is 39.2 Å². The Morgan fingerprint density at radius 3 is 2.90 bits per heavy atom. The molecule has 0 spiro atoms. The summed E-state index contributed by atoms with van der Waals surface area (Å²) in [7, 11) is 4.01. The van der Waals surface area contributed by atoms with Crippen LogP contribution in [0.1, 0.15) is 19.8 Å². The Balaban J connectivity index is 2.17. The fourth-order valence-corrected chi connectivity index (χ4v) is 3.29. The smallest absolute Gasteiger partial charge is 0.239 e. The van der Waals surface area contributed by atoms with Gasteiger partial charge in [0.05, 0.1) is 15.0 Å². The highest BCUT2D eigenvalue weighted by molar-refractivity contribution is 9.10. The molecule has 1 atom stereocenters. The lowest BCUT2D eigenvalue weighted by Gasteiger charge is -2.11. The van der Waals surface area contributed by atoms with Gasteiger partial charge in [0, 0.05) is 19.8 Å². The minimum atomic E-state index is -0.156. The standard InChI is InChI=1S/C14H18BrN3OS/c1-4-5-10(15)13(19)17-14-16-11-7-6-9(18(2)3)8-12(11)20-14/h6-8,10H,4-5H2,1-3H3,(H,16,17,19). The number of nitrogens with zero attached hydrogens (tertiary/aromatic N) is 2. The molecule has 4 nitrogen and oxygen atoms in total. The van der Waals surface area contributed by atoms with Crippen LogP contribution in [0.5, 0.6) is 0 Å². The molecule has 0 saturated heterocycles. The second-order valence-electron chi connectivity index (χ2n) is 4.81. The molecule has 1 heterocycles. The number of carbonyl (C=O) groups is 1. The summed E-state index contributed by atoms with van der Waals surface area (Å²) in [5.41, 5.74) is 2.04. The van der Waals surface area contributed by atoms with Crippen molar-refractivity contribution >= 4 is 54.2 Å². The average molecular weight is 356 g/mol. The van der Waals surface area contributed by atoms with E-state index in [1.807, 2.05) is 31.1 Å². The van der Waals surface area contributed by atoms with Gasteiger partial charge in [-0.15, -0.1) is 0 Å². The van der Waals surface area contributed by atoms with Gasteiger partial charge in [0.2, 0.25) is 5.91 Å². The molecule has 0 aliphatic carbocycles. The zero-order valence-corrected chi connectivity index (χ0v) is 14.2. The van der Waals surface area contributed by atoms with Crippen LogP contribution in [0.4, 0.5) is 10.8 Å². The summed E-state index contributed by atoms with van der Waals surface area (Å²) in [5.74, 6) is -0.0289. The summed E-state index contributed by atoms with van der Waals surface area (Å²) in [6, 6.07) is 6.09. The summed E-state index contributed by atoms with van der Waals surface area (Å²) in [5, 5.41) is 3.53. The van der Waals surface area contributed by atoms with E-state index in [4.69, 9.17) is 0 Å². The Labute approximate surface area is 131 Å². The molecule has 20 heavy (non-hydrogen) atoms. The first-order valence-electron chi connectivity index (χ1n) is 6.54. The first-order chi connectivity index (χ1) is 9.51. The molecule has 2 aromatic rings. The minimum Gasteiger partial charge on any atom is -0.378 e. The Morgan fingerprint density at radius 1 is 1.50 bits per heavy atom. The fraction of sp³-hybridized carbons (Fsp3) is 0.429. The van der Waals surface area contributed by atoms with E-state index in [1.54, 1.807) is 0 Å². The molecular formula is C14H18BrN3OS. The number of amides is 1. The van der Waals surface area contributed by atoms with Crippen molar-refractivity contribution in [3.05, 3.63) is 18.2 Å². The molecule has 0 radical (unpaired) electrons. The van der Waals surface area contributed by atoms with Crippen LogP contribution in [0.25, 0.3) is 10.2 Å². The van der Waals surface area contributed by atoms with Gasteiger partial charge in [0.1, 0.15) is 0 Å². The number of fused-ring (bicyclic) bond motifs is 1. The maximum Gasteiger partial charge on any atom is 0.239 e. The molecule has 108 valence electrons. The Kier molecular flexibility index (Phi) is 4.99. The summed E-state index contributed by atoms with van der Waals surface area (Å²) >= 11 is 4.90. The van der Waals surface area contributed by atoms with Crippen molar-refractivity contribution in [2.75, 3.05) is 24.3 Å². The van der Waals surface area contributed by atoms with Gasteiger partial charge in [-0.05, 0) is 24.6 Å². The highest BCUT2D eigenvalue weighted by atomic mass is 79.9. The van der Waals surface area contributed by atoms with Crippen LogP contribution in [0, 0.1) is 0 Å². The lowest BCUT2D eigenvalue weighted by molar-refractivity contribution is -0.115. The third kappa shape index (κ3) is 3.49. The van der Waals surface area contributed by atoms with E-state index in [-0.39, 0.29) is 10.7 Å². The Hall–Kier alpha value is -1.14. The zero-order chi connectivity index (χ0) is 14.7. The van der Waals surface area contributed by atoms with E-state index in [1.165, 1.54) is 11.3 Å². The second kappa shape index (κ2) is 6.54. The van der Waals surface area contributed by atoms with Crippen LogP contribution in [-0.4, -0.2) is 29.8 Å². The number of carbonyl (C=O) groups excluding carboxylic acids is 1. The first-order valence-corrected chi connectivity index (χ1v) is 8.27. The molecule has 0 saturated carbocycles. The summed E-state index contributed by atoms with van der Waals surface area (Å²) in [4.78, 5) is 18.3. The summed E-state index contributed by atoms with van der Waals surface area (Å²) in [6.07, 6.45) is 1.79. The molecule has 1 aromatic carbocycles. The number of thiazole rings is 1. The van der Waals surface area contributed by atoms with Gasteiger partial charge in [0.15, 0.2) is 5.13 Å². The molecule has 1 unspecified atom stereocenters. The fourth-order valence-electron chi connectivity index (χ4n) is 1.81. The van der Waals surface area contributed by atoms with Crippen LogP contribution in [0.2, 0.25) is 0 Å². The second-order valence-corrected chi connectivity index (χ2v) is 6.95. The van der Waals surface area contributed by atoms with E-state index < -0.39 is 0 Å². The van der Waals surface area contributed by atoms with Gasteiger partial charge < -0.3 is 10.2 Å². The Morgan fingerprint density at radius 2 is 2.25 bits per heavy atom. The van der Waals surface area contributed by atoms with Crippen LogP contribution in [-0.2, 0) is 4.79 Å². The SMILES string of the molecule is CCCC(Br)C(=O)Nc1nc2ccc(N(C)C)cc2s1. The van der Waals surface area contributed by atoms with E-state index in [9.17, 15) is 4.79 Å². The van der Waals surface area contributed by atoms with Crippen LogP contribution in [0.3, 0.4) is 0 Å². The maximum absolute atomic E-state index is 12.0. The lowest BCUT2D eigenvalue weighted by Crippen LogP contribution is -2.22. The molecule has 0 fully saturated rings. The quantitative estimate of drug-likeness (QED) is 0.828. The van der Waals surface area contributed by atoms with Crippen molar-refractivity contribution in [1.82, 2.24) is 4.98 Å². The number of benzene rings is 1. The predicted octanol–water partition coefficient (Wildman–Crippen LogP) is 3.86. The van der Waals surface area contributed by atoms with Crippen molar-refractivity contribution in [2.45, 2.75) is 24.6 Å². The zero-order valence-electron chi connectivity index (χ0n) is 11.8. The largest absolute Gasteiger partial charge is 0.378 e. The molecule has 0 aliphatic rings. The number of alkyl halides is 1. The lowest BCUT2D eigenvalue weighted by atomic mass is 10.2. The van der Waals surface area contributed by atoms with Crippen LogP contribution < -0.4 is 10.2 Å². The molecular weight excluding hydrogens is 338 g/mol. The predicted molar refractivity (Wildman–Crippen MR) is 90.2 cm³/mol. The van der Waals surface area contributed by atoms with Crippen molar-refractivity contribution < 1.29 is 4.79 Å². The first kappa shape index (κ1) is 15.3. The van der Waals surface area contributed by atoms with E-state index in [0.717, 1.165) is 28.7 Å². The van der Waals surface area contributed by atoms with Crippen molar-refractivity contribution in [3.8, 4) is 0 Å². The Bertz CT molecular complexity index is 611. The summed E-state index contributed by atoms with van der Waals surface area (Å²) in [6.45, 7) is 2.06. The summed E-state index contributed by atoms with van der Waals surface area (Å²) < 4.78 is 1.08. The molecule has 1 N–H and O–H groups in total. The number of hydrogen-bond donors (Lipinski definition) is 1. The van der Waals surface area contributed by atoms with Gasteiger partial charge in [-0.1, -0.05) is 40.6 Å². The average Bonchev–Trinajstić information content (AvgIpc) is 2.79. The minimum absolute atomic E-state index is 0.0289. The number of rotatable bonds is 5. The highest BCUT2D eigenvalue weighted by Gasteiger charge is 2.15. The molecule has 1 aromatic heterocycles. The van der Waals surface area contributed by atoms with Crippen molar-refractivity contribution in [3.63, 3.8) is 0 Å². The van der Waals surface area contributed by atoms with Crippen molar-refractivity contribution in [1.29, 1.82) is 0 Å². The molecule has 1 amide bonds. The number of nitrogens with one attached hydrogen (secondary N) is 1. The van der Waals surface area contributed by atoms with Gasteiger partial charge in [0.25, 0.3) is 0 Å². The van der Waals surface area contributed by atoms with Gasteiger partial charge >= 0.3 is 0 Å². The third-order valence-electron chi connectivity index (χ3n) is 2.95. The van der Waals surface area contributed by atoms with Crippen LogP contribution >= 0.6 is 27.3 Å². The van der Waals surface area contributed by atoms with Crippen molar-refractivity contribution in [2.24, 2.45) is 0 Å². The van der Waals surface area contributed by atoms with E-state index >= 15 is 0 Å². The number of anilines is 2. The topological polar surface area (TPSA) is 45.2 Å². The van der Waals surface area contributed by atoms with Crippen LogP contribution in [0.15, 0.2) is 18.2 Å². The third-order valence-corrected chi connectivity index (χ3v) is 4.75. The molecule has 6 heteroatoms. The molecule has 0 bridgehead atoms. The highest BCUT2D eigenvalue weighted by Crippen LogP contribution is 2.29. The number of aromatic nitrogens is 1. The normalized spacial score (nSPS) is 12.4. The monoisotopic (exact) mass is 355 g/mol. The molecule has 0 aliphatic heterocycles. The number of halogens is 1. The van der Waals surface area contributed by atoms with E-state index in [0.29, 0.717) is 5.13 Å². The molecule has 2 rings (SSSR count). The van der Waals surface area contributed by atoms with Gasteiger partial charge in [-0.2, -0.15) is 0 Å². The number of hydrogen-bond acceptors (Lipinski definition) is 4.